The first-order valence-corrected chi connectivity index (χ1v) is 8.24. The van der Waals surface area contributed by atoms with E-state index >= 15 is 0 Å². The minimum absolute atomic E-state index is 0. The third kappa shape index (κ3) is 11.4. The molecule has 0 aliphatic carbocycles. The van der Waals surface area contributed by atoms with Crippen LogP contribution in [0.25, 0.3) is 0 Å². The molecule has 24 heavy (non-hydrogen) atoms. The summed E-state index contributed by atoms with van der Waals surface area (Å²) in [5.41, 5.74) is 0. The SMILES string of the molecule is CCNC(=NCCCCOc1ccc(F)cc1)NCCOCC.I. The van der Waals surface area contributed by atoms with E-state index in [1.807, 2.05) is 13.8 Å². The van der Waals surface area contributed by atoms with Crippen LogP contribution in [0.4, 0.5) is 4.39 Å². The predicted octanol–water partition coefficient (Wildman–Crippen LogP) is 3.19. The molecule has 0 aliphatic heterocycles. The average Bonchev–Trinajstić information content (AvgIpc) is 2.56. The predicted molar refractivity (Wildman–Crippen MR) is 107 cm³/mol. The molecule has 1 aromatic carbocycles. The van der Waals surface area contributed by atoms with E-state index in [2.05, 4.69) is 15.6 Å². The third-order valence-electron chi connectivity index (χ3n) is 2.99. The molecule has 0 amide bonds. The summed E-state index contributed by atoms with van der Waals surface area (Å²) in [7, 11) is 0. The van der Waals surface area contributed by atoms with Crippen LogP contribution in [-0.2, 0) is 4.74 Å². The van der Waals surface area contributed by atoms with Crippen LogP contribution in [0.5, 0.6) is 5.75 Å². The van der Waals surface area contributed by atoms with Crippen LogP contribution in [0.2, 0.25) is 0 Å². The van der Waals surface area contributed by atoms with E-state index in [4.69, 9.17) is 9.47 Å². The lowest BCUT2D eigenvalue weighted by Gasteiger charge is -2.11. The zero-order valence-electron chi connectivity index (χ0n) is 14.5. The van der Waals surface area contributed by atoms with Crippen molar-refractivity contribution in [1.29, 1.82) is 0 Å². The fourth-order valence-electron chi connectivity index (χ4n) is 1.85. The molecular weight excluding hydrogens is 424 g/mol. The molecule has 0 aromatic heterocycles. The van der Waals surface area contributed by atoms with Crippen molar-refractivity contribution >= 4 is 29.9 Å². The molecule has 0 heterocycles. The molecule has 0 spiro atoms. The Morgan fingerprint density at radius 3 is 2.50 bits per heavy atom. The number of halogens is 2. The summed E-state index contributed by atoms with van der Waals surface area (Å²) >= 11 is 0. The first-order chi connectivity index (χ1) is 11.3. The van der Waals surface area contributed by atoms with Gasteiger partial charge in [-0.25, -0.2) is 4.39 Å². The normalized spacial score (nSPS) is 10.9. The lowest BCUT2D eigenvalue weighted by molar-refractivity contribution is 0.152. The Hall–Kier alpha value is -1.09. The van der Waals surface area contributed by atoms with Gasteiger partial charge in [0.15, 0.2) is 5.96 Å². The number of unbranched alkanes of at least 4 members (excludes halogenated alkanes) is 1. The second-order valence-corrected chi connectivity index (χ2v) is 4.89. The molecule has 0 atom stereocenters. The Balaban J connectivity index is 0.00000529. The van der Waals surface area contributed by atoms with Gasteiger partial charge in [0, 0.05) is 26.2 Å². The minimum Gasteiger partial charge on any atom is -0.494 e. The highest BCUT2D eigenvalue weighted by Crippen LogP contribution is 2.11. The molecule has 1 rings (SSSR count). The smallest absolute Gasteiger partial charge is 0.191 e. The van der Waals surface area contributed by atoms with Gasteiger partial charge in [-0.15, -0.1) is 24.0 Å². The Bertz CT molecular complexity index is 444. The average molecular weight is 453 g/mol. The summed E-state index contributed by atoms with van der Waals surface area (Å²) in [6, 6.07) is 6.07. The van der Waals surface area contributed by atoms with Crippen LogP contribution in [-0.4, -0.2) is 45.4 Å². The highest BCUT2D eigenvalue weighted by molar-refractivity contribution is 14.0. The molecule has 0 bridgehead atoms. The fourth-order valence-corrected chi connectivity index (χ4v) is 1.85. The summed E-state index contributed by atoms with van der Waals surface area (Å²) in [5, 5.41) is 6.42. The summed E-state index contributed by atoms with van der Waals surface area (Å²) in [6.07, 6.45) is 1.84. The fraction of sp³-hybridized carbons (Fsp3) is 0.588. The van der Waals surface area contributed by atoms with E-state index in [0.29, 0.717) is 19.0 Å². The number of hydrogen-bond donors (Lipinski definition) is 2. The highest BCUT2D eigenvalue weighted by Gasteiger charge is 1.97. The Labute approximate surface area is 161 Å². The van der Waals surface area contributed by atoms with Gasteiger partial charge in [0.1, 0.15) is 11.6 Å². The van der Waals surface area contributed by atoms with E-state index in [0.717, 1.165) is 45.0 Å². The van der Waals surface area contributed by atoms with Gasteiger partial charge >= 0.3 is 0 Å². The zero-order chi connectivity index (χ0) is 16.8. The van der Waals surface area contributed by atoms with E-state index < -0.39 is 0 Å². The van der Waals surface area contributed by atoms with Crippen LogP contribution in [0, 0.1) is 5.82 Å². The molecule has 2 N–H and O–H groups in total. The summed E-state index contributed by atoms with van der Waals surface area (Å²) in [5.74, 6) is 1.26. The molecule has 0 radical (unpaired) electrons. The maximum atomic E-state index is 12.8. The van der Waals surface area contributed by atoms with Gasteiger partial charge in [-0.2, -0.15) is 0 Å². The molecule has 0 saturated heterocycles. The Morgan fingerprint density at radius 1 is 1.08 bits per heavy atom. The van der Waals surface area contributed by atoms with Gasteiger partial charge in [-0.1, -0.05) is 0 Å². The summed E-state index contributed by atoms with van der Waals surface area (Å²) in [4.78, 5) is 4.50. The third-order valence-corrected chi connectivity index (χ3v) is 2.99. The molecular formula is C17H29FIN3O2. The van der Waals surface area contributed by atoms with E-state index in [1.54, 1.807) is 12.1 Å². The van der Waals surface area contributed by atoms with E-state index in [9.17, 15) is 4.39 Å². The molecule has 7 heteroatoms. The maximum absolute atomic E-state index is 12.8. The standard InChI is InChI=1S/C17H28FN3O2.HI/c1-3-19-17(21-12-14-22-4-2)20-11-5-6-13-23-16-9-7-15(18)8-10-16;/h7-10H,3-6,11-14H2,1-2H3,(H2,19,20,21);1H. The first-order valence-electron chi connectivity index (χ1n) is 8.24. The molecule has 1 aromatic rings. The molecule has 5 nitrogen and oxygen atoms in total. The number of nitrogens with one attached hydrogen (secondary N) is 2. The van der Waals surface area contributed by atoms with Gasteiger partial charge in [0.25, 0.3) is 0 Å². The van der Waals surface area contributed by atoms with Crippen molar-refractivity contribution in [2.45, 2.75) is 26.7 Å². The lowest BCUT2D eigenvalue weighted by atomic mass is 10.3. The van der Waals surface area contributed by atoms with Crippen molar-refractivity contribution in [1.82, 2.24) is 10.6 Å². The highest BCUT2D eigenvalue weighted by atomic mass is 127. The monoisotopic (exact) mass is 453 g/mol. The summed E-state index contributed by atoms with van der Waals surface area (Å²) in [6.45, 7) is 8.33. The van der Waals surface area contributed by atoms with Crippen LogP contribution in [0.15, 0.2) is 29.3 Å². The zero-order valence-corrected chi connectivity index (χ0v) is 16.8. The molecule has 0 unspecified atom stereocenters. The molecule has 0 fully saturated rings. The molecule has 0 aliphatic rings. The number of hydrogen-bond acceptors (Lipinski definition) is 3. The van der Waals surface area contributed by atoms with Crippen molar-refractivity contribution in [3.63, 3.8) is 0 Å². The van der Waals surface area contributed by atoms with Gasteiger partial charge in [-0.05, 0) is 51.0 Å². The maximum Gasteiger partial charge on any atom is 0.191 e. The van der Waals surface area contributed by atoms with Gasteiger partial charge < -0.3 is 20.1 Å². The van der Waals surface area contributed by atoms with E-state index in [1.165, 1.54) is 12.1 Å². The van der Waals surface area contributed by atoms with Crippen molar-refractivity contribution in [3.8, 4) is 5.75 Å². The number of aliphatic imine (C=N–C) groups is 1. The lowest BCUT2D eigenvalue weighted by Crippen LogP contribution is -2.39. The molecule has 0 saturated carbocycles. The van der Waals surface area contributed by atoms with Gasteiger partial charge in [0.05, 0.1) is 13.2 Å². The minimum atomic E-state index is -0.250. The molecule has 138 valence electrons. The first kappa shape index (κ1) is 22.9. The van der Waals surface area contributed by atoms with Crippen molar-refractivity contribution in [3.05, 3.63) is 30.1 Å². The quantitative estimate of drug-likeness (QED) is 0.234. The number of guanidine groups is 1. The van der Waals surface area contributed by atoms with Crippen LogP contribution in [0.1, 0.15) is 26.7 Å². The Kier molecular flexibility index (Phi) is 14.7. The summed E-state index contributed by atoms with van der Waals surface area (Å²) < 4.78 is 23.6. The van der Waals surface area contributed by atoms with Crippen LogP contribution >= 0.6 is 24.0 Å². The van der Waals surface area contributed by atoms with Gasteiger partial charge in [0.2, 0.25) is 0 Å². The van der Waals surface area contributed by atoms with Crippen molar-refractivity contribution in [2.24, 2.45) is 4.99 Å². The second-order valence-electron chi connectivity index (χ2n) is 4.89. The van der Waals surface area contributed by atoms with Crippen LogP contribution in [0.3, 0.4) is 0 Å². The van der Waals surface area contributed by atoms with Crippen molar-refractivity contribution in [2.75, 3.05) is 39.5 Å². The largest absolute Gasteiger partial charge is 0.494 e. The number of rotatable bonds is 11. The van der Waals surface area contributed by atoms with Gasteiger partial charge in [-0.3, -0.25) is 4.99 Å². The Morgan fingerprint density at radius 2 is 1.83 bits per heavy atom. The number of benzene rings is 1. The topological polar surface area (TPSA) is 54.9 Å². The second kappa shape index (κ2) is 15.4. The van der Waals surface area contributed by atoms with E-state index in [-0.39, 0.29) is 29.8 Å². The van der Waals surface area contributed by atoms with Crippen molar-refractivity contribution < 1.29 is 13.9 Å². The number of nitrogens with zero attached hydrogens (tertiary/aromatic N) is 1. The number of ether oxygens (including phenoxy) is 2. The van der Waals surface area contributed by atoms with Crippen LogP contribution < -0.4 is 15.4 Å².